The molecule has 1 amide bonds. The van der Waals surface area contributed by atoms with Crippen molar-refractivity contribution in [2.75, 3.05) is 0 Å². The molecule has 0 unspecified atom stereocenters. The molecule has 0 spiro atoms. The average molecular weight is 203 g/mol. The van der Waals surface area contributed by atoms with Gasteiger partial charge in [-0.25, -0.2) is 0 Å². The van der Waals surface area contributed by atoms with Gasteiger partial charge >= 0.3 is 0 Å². The summed E-state index contributed by atoms with van der Waals surface area (Å²) in [5, 5.41) is 6.38. The van der Waals surface area contributed by atoms with Crippen LogP contribution in [0, 0.1) is 5.92 Å². The number of nitrogens with one attached hydrogen (secondary N) is 2. The molecule has 13 heavy (non-hydrogen) atoms. The first-order valence-corrected chi connectivity index (χ1v) is 4.89. The fraction of sp³-hybridized carbons (Fsp3) is 0.889. The van der Waals surface area contributed by atoms with Crippen LogP contribution in [-0.4, -0.2) is 24.0 Å². The zero-order valence-electron chi connectivity index (χ0n) is 7.45. The highest BCUT2D eigenvalue weighted by Gasteiger charge is 2.48. The SMILES string of the molecule is Cl.O=C(NC1CC1)[C@@H]1C[C@@H]2C[C@@H]2N1. The first-order chi connectivity index (χ1) is 5.83. The largest absolute Gasteiger partial charge is 0.352 e. The van der Waals surface area contributed by atoms with E-state index in [4.69, 9.17) is 0 Å². The molecular weight excluding hydrogens is 188 g/mol. The average Bonchev–Trinajstić information content (AvgIpc) is 2.95. The summed E-state index contributed by atoms with van der Waals surface area (Å²) in [4.78, 5) is 11.5. The van der Waals surface area contributed by atoms with Crippen molar-refractivity contribution in [2.45, 2.75) is 43.8 Å². The second kappa shape index (κ2) is 3.14. The Balaban J connectivity index is 0.000000653. The Labute approximate surface area is 84.1 Å². The monoisotopic (exact) mass is 202 g/mol. The third-order valence-electron chi connectivity index (χ3n) is 3.12. The summed E-state index contributed by atoms with van der Waals surface area (Å²) in [6, 6.07) is 1.32. The molecule has 4 heteroatoms. The maximum atomic E-state index is 11.5. The zero-order chi connectivity index (χ0) is 8.13. The Kier molecular flexibility index (Phi) is 2.24. The Morgan fingerprint density at radius 1 is 1.31 bits per heavy atom. The summed E-state index contributed by atoms with van der Waals surface area (Å²) in [6.07, 6.45) is 4.74. The Morgan fingerprint density at radius 2 is 2.08 bits per heavy atom. The number of halogens is 1. The molecule has 3 fully saturated rings. The van der Waals surface area contributed by atoms with Crippen LogP contribution in [0.15, 0.2) is 0 Å². The van der Waals surface area contributed by atoms with Gasteiger partial charge in [0.1, 0.15) is 0 Å². The standard InChI is InChI=1S/C9H14N2O.ClH/c12-9(10-6-1-2-6)8-4-5-3-7(5)11-8;/h5-8,11H,1-4H2,(H,10,12);1H/t5-,7-,8-;/m0./s1. The predicted octanol–water partition coefficient (Wildman–Crippen LogP) is 0.437. The van der Waals surface area contributed by atoms with E-state index in [-0.39, 0.29) is 24.4 Å². The summed E-state index contributed by atoms with van der Waals surface area (Å²) in [7, 11) is 0. The van der Waals surface area contributed by atoms with Gasteiger partial charge in [0.15, 0.2) is 0 Å². The normalized spacial score (nSPS) is 40.5. The second-order valence-corrected chi connectivity index (χ2v) is 4.34. The van der Waals surface area contributed by atoms with Gasteiger partial charge in [-0.2, -0.15) is 0 Å². The van der Waals surface area contributed by atoms with Crippen LogP contribution in [-0.2, 0) is 4.79 Å². The third kappa shape index (κ3) is 1.81. The van der Waals surface area contributed by atoms with Gasteiger partial charge in [-0.3, -0.25) is 4.79 Å². The minimum absolute atomic E-state index is 0. The molecule has 1 heterocycles. The Bertz CT molecular complexity index is 220. The van der Waals surface area contributed by atoms with E-state index >= 15 is 0 Å². The van der Waals surface area contributed by atoms with Gasteiger partial charge in [0.05, 0.1) is 6.04 Å². The van der Waals surface area contributed by atoms with Crippen molar-refractivity contribution in [2.24, 2.45) is 5.92 Å². The van der Waals surface area contributed by atoms with Crippen molar-refractivity contribution in [3.8, 4) is 0 Å². The first kappa shape index (κ1) is 9.28. The molecule has 3 nitrogen and oxygen atoms in total. The number of amides is 1. The van der Waals surface area contributed by atoms with Crippen molar-refractivity contribution < 1.29 is 4.79 Å². The summed E-state index contributed by atoms with van der Waals surface area (Å²) < 4.78 is 0. The van der Waals surface area contributed by atoms with Crippen LogP contribution in [0.1, 0.15) is 25.7 Å². The van der Waals surface area contributed by atoms with E-state index in [0.717, 1.165) is 12.3 Å². The van der Waals surface area contributed by atoms with Gasteiger partial charge in [0.25, 0.3) is 0 Å². The van der Waals surface area contributed by atoms with Crippen LogP contribution in [0.3, 0.4) is 0 Å². The molecule has 2 saturated carbocycles. The lowest BCUT2D eigenvalue weighted by Gasteiger charge is -2.12. The van der Waals surface area contributed by atoms with E-state index in [9.17, 15) is 4.79 Å². The molecule has 0 aromatic heterocycles. The van der Waals surface area contributed by atoms with E-state index in [1.54, 1.807) is 0 Å². The minimum Gasteiger partial charge on any atom is -0.352 e. The van der Waals surface area contributed by atoms with Crippen molar-refractivity contribution in [3.63, 3.8) is 0 Å². The number of rotatable bonds is 2. The lowest BCUT2D eigenvalue weighted by Crippen LogP contribution is -2.43. The second-order valence-electron chi connectivity index (χ2n) is 4.34. The van der Waals surface area contributed by atoms with Gasteiger partial charge in [0, 0.05) is 12.1 Å². The van der Waals surface area contributed by atoms with E-state index in [2.05, 4.69) is 10.6 Å². The summed E-state index contributed by atoms with van der Waals surface area (Å²) >= 11 is 0. The lowest BCUT2D eigenvalue weighted by atomic mass is 10.2. The third-order valence-corrected chi connectivity index (χ3v) is 3.12. The van der Waals surface area contributed by atoms with E-state index in [0.29, 0.717) is 12.1 Å². The number of hydrogen-bond donors (Lipinski definition) is 2. The van der Waals surface area contributed by atoms with Gasteiger partial charge in [0.2, 0.25) is 5.91 Å². The molecule has 3 aliphatic rings. The van der Waals surface area contributed by atoms with Crippen molar-refractivity contribution in [1.29, 1.82) is 0 Å². The van der Waals surface area contributed by atoms with E-state index in [1.165, 1.54) is 19.3 Å². The van der Waals surface area contributed by atoms with Crippen molar-refractivity contribution >= 4 is 18.3 Å². The number of carbonyl (C=O) groups excluding carboxylic acids is 1. The summed E-state index contributed by atoms with van der Waals surface area (Å²) in [5.41, 5.74) is 0. The van der Waals surface area contributed by atoms with Gasteiger partial charge in [-0.05, 0) is 31.6 Å². The van der Waals surface area contributed by atoms with Gasteiger partial charge < -0.3 is 10.6 Å². The molecule has 3 rings (SSSR count). The first-order valence-electron chi connectivity index (χ1n) is 4.89. The molecule has 0 bridgehead atoms. The quantitative estimate of drug-likeness (QED) is 0.682. The molecular formula is C9H15ClN2O. The molecule has 1 aliphatic heterocycles. The highest BCUT2D eigenvalue weighted by molar-refractivity contribution is 5.85. The summed E-state index contributed by atoms with van der Waals surface area (Å²) in [6.45, 7) is 0. The lowest BCUT2D eigenvalue weighted by molar-refractivity contribution is -0.123. The van der Waals surface area contributed by atoms with Crippen LogP contribution in [0.2, 0.25) is 0 Å². The maximum Gasteiger partial charge on any atom is 0.237 e. The number of hydrogen-bond acceptors (Lipinski definition) is 2. The molecule has 0 radical (unpaired) electrons. The fourth-order valence-corrected chi connectivity index (χ4v) is 2.05. The minimum atomic E-state index is 0. The number of carbonyl (C=O) groups is 1. The van der Waals surface area contributed by atoms with Crippen molar-refractivity contribution in [3.05, 3.63) is 0 Å². The van der Waals surface area contributed by atoms with Crippen LogP contribution in [0.25, 0.3) is 0 Å². The highest BCUT2D eigenvalue weighted by Crippen LogP contribution is 2.40. The van der Waals surface area contributed by atoms with E-state index < -0.39 is 0 Å². The van der Waals surface area contributed by atoms with E-state index in [1.807, 2.05) is 0 Å². The maximum absolute atomic E-state index is 11.5. The number of piperidine rings is 1. The molecule has 74 valence electrons. The van der Waals surface area contributed by atoms with Crippen LogP contribution in [0.5, 0.6) is 0 Å². The molecule has 0 aromatic carbocycles. The molecule has 3 atom stereocenters. The van der Waals surface area contributed by atoms with Gasteiger partial charge in [-0.1, -0.05) is 0 Å². The highest BCUT2D eigenvalue weighted by atomic mass is 35.5. The van der Waals surface area contributed by atoms with Crippen LogP contribution < -0.4 is 10.6 Å². The Morgan fingerprint density at radius 3 is 2.62 bits per heavy atom. The topological polar surface area (TPSA) is 41.1 Å². The zero-order valence-corrected chi connectivity index (χ0v) is 8.27. The molecule has 2 aliphatic carbocycles. The molecule has 1 saturated heterocycles. The van der Waals surface area contributed by atoms with Gasteiger partial charge in [-0.15, -0.1) is 12.4 Å². The molecule has 2 N–H and O–H groups in total. The van der Waals surface area contributed by atoms with Crippen LogP contribution >= 0.6 is 12.4 Å². The Hall–Kier alpha value is -0.280. The fourth-order valence-electron chi connectivity index (χ4n) is 2.05. The number of fused-ring (bicyclic) bond motifs is 1. The van der Waals surface area contributed by atoms with Crippen molar-refractivity contribution in [1.82, 2.24) is 10.6 Å². The predicted molar refractivity (Wildman–Crippen MR) is 51.8 cm³/mol. The molecule has 0 aromatic rings. The smallest absolute Gasteiger partial charge is 0.237 e. The van der Waals surface area contributed by atoms with Crippen LogP contribution in [0.4, 0.5) is 0 Å². The summed E-state index contributed by atoms with van der Waals surface area (Å²) in [5.74, 6) is 1.06.